The first-order valence-corrected chi connectivity index (χ1v) is 27.4. The zero-order valence-corrected chi connectivity index (χ0v) is 43.5. The van der Waals surface area contributed by atoms with Crippen molar-refractivity contribution in [2.24, 2.45) is 0 Å². The van der Waals surface area contributed by atoms with E-state index in [-0.39, 0.29) is 20.0 Å². The number of benzene rings is 14. The lowest BCUT2D eigenvalue weighted by Crippen LogP contribution is -2.57. The minimum atomic E-state index is -1.43. The number of rotatable bonds is 12. The molecule has 0 N–H and O–H groups in total. The SMILES string of the molecule is c1ccc(COC(c2cc3ccccc3c3ccccc23)(c2cc3ccccc3c3ccccc23)C2OCOC2C(OCc2ccccc2)(c2cc3ccccc3c3ccccc23)c2cc3ccccc3c3ccccc23)cc1. The summed E-state index contributed by atoms with van der Waals surface area (Å²) in [5, 5.41) is 17.7. The van der Waals surface area contributed by atoms with Crippen LogP contribution >= 0.6 is 0 Å². The average Bonchev–Trinajstić information content (AvgIpc) is 3.66. The summed E-state index contributed by atoms with van der Waals surface area (Å²) in [6.45, 7) is 0.479. The van der Waals surface area contributed by atoms with Crippen molar-refractivity contribution < 1.29 is 18.9 Å². The number of ether oxygens (including phenoxy) is 4. The van der Waals surface area contributed by atoms with Crippen LogP contribution < -0.4 is 0 Å². The Kier molecular flexibility index (Phi) is 11.6. The lowest BCUT2D eigenvalue weighted by molar-refractivity contribution is -0.161. The lowest BCUT2D eigenvalue weighted by atomic mass is 9.68. The summed E-state index contributed by atoms with van der Waals surface area (Å²) in [6.07, 6.45) is -1.78. The molecule has 0 aliphatic carbocycles. The Hall–Kier alpha value is -9.00. The van der Waals surface area contributed by atoms with Gasteiger partial charge in [0.25, 0.3) is 0 Å². The van der Waals surface area contributed by atoms with Gasteiger partial charge in [0.1, 0.15) is 30.2 Å². The summed E-state index contributed by atoms with van der Waals surface area (Å²) in [6, 6.07) is 101. The molecule has 0 spiro atoms. The van der Waals surface area contributed by atoms with Gasteiger partial charge in [0.2, 0.25) is 0 Å². The summed E-state index contributed by atoms with van der Waals surface area (Å²) >= 11 is 0. The number of hydrogen-bond acceptors (Lipinski definition) is 4. The van der Waals surface area contributed by atoms with E-state index >= 15 is 0 Å². The fourth-order valence-electron chi connectivity index (χ4n) is 13.4. The summed E-state index contributed by atoms with van der Waals surface area (Å²) in [7, 11) is 0. The fraction of sp³-hybridized carbons (Fsp3) is 0.0933. The van der Waals surface area contributed by atoms with E-state index in [2.05, 4.69) is 279 Å². The van der Waals surface area contributed by atoms with E-state index in [0.717, 1.165) is 120 Å². The van der Waals surface area contributed by atoms with Gasteiger partial charge in [-0.3, -0.25) is 0 Å². The summed E-state index contributed by atoms with van der Waals surface area (Å²) < 4.78 is 32.0. The Bertz CT molecular complexity index is 4090. The van der Waals surface area contributed by atoms with Crippen LogP contribution in [0.3, 0.4) is 0 Å². The van der Waals surface area contributed by atoms with E-state index in [1.54, 1.807) is 0 Å². The van der Waals surface area contributed by atoms with E-state index in [0.29, 0.717) is 0 Å². The fourth-order valence-corrected chi connectivity index (χ4v) is 13.4. The first-order valence-electron chi connectivity index (χ1n) is 27.4. The molecule has 0 radical (unpaired) electrons. The van der Waals surface area contributed by atoms with Crippen molar-refractivity contribution in [2.45, 2.75) is 36.6 Å². The standard InChI is InChI=1S/C75H54O4/c1-3-23-50(24-4-1)47-78-74(68-43-52-27-7-11-31-56(52)60-35-15-19-39-64(60)68,69-44-53-28-8-12-32-57(53)61-36-16-20-40-65(61)69)72-73(77-49-76-72)75(79-48-51-25-5-2-6-26-51,70-45-54-29-9-13-33-58(54)62-37-17-21-41-66(62)70)71-46-55-30-10-14-34-59(55)63-38-18-22-42-67(63)71/h1-46,72-73H,47-49H2. The van der Waals surface area contributed by atoms with Crippen molar-refractivity contribution in [3.05, 3.63) is 312 Å². The topological polar surface area (TPSA) is 36.9 Å². The van der Waals surface area contributed by atoms with Crippen LogP contribution in [0, 0.1) is 0 Å². The Labute approximate surface area is 458 Å². The van der Waals surface area contributed by atoms with Crippen LogP contribution in [0.15, 0.2) is 279 Å². The van der Waals surface area contributed by atoms with Crippen molar-refractivity contribution in [1.29, 1.82) is 0 Å². The van der Waals surface area contributed by atoms with Crippen molar-refractivity contribution in [3.8, 4) is 0 Å². The maximum atomic E-state index is 8.30. The van der Waals surface area contributed by atoms with Crippen LogP contribution in [-0.2, 0) is 43.4 Å². The molecule has 2 atom stereocenters. The van der Waals surface area contributed by atoms with Crippen LogP contribution in [0.5, 0.6) is 0 Å². The van der Waals surface area contributed by atoms with Crippen molar-refractivity contribution >= 4 is 86.2 Å². The Morgan fingerprint density at radius 3 is 0.772 bits per heavy atom. The molecule has 4 heteroatoms. The molecule has 0 aromatic heterocycles. The molecule has 14 aromatic rings. The minimum Gasteiger partial charge on any atom is -0.358 e. The molecule has 1 saturated heterocycles. The first kappa shape index (κ1) is 47.2. The number of fused-ring (bicyclic) bond motifs is 12. The van der Waals surface area contributed by atoms with Crippen LogP contribution in [0.1, 0.15) is 33.4 Å². The van der Waals surface area contributed by atoms with Gasteiger partial charge in [-0.15, -0.1) is 0 Å². The van der Waals surface area contributed by atoms with Crippen LogP contribution in [0.4, 0.5) is 0 Å². The van der Waals surface area contributed by atoms with Gasteiger partial charge in [-0.1, -0.05) is 255 Å². The third-order valence-corrected chi connectivity index (χ3v) is 16.9. The molecule has 378 valence electrons. The minimum absolute atomic E-state index is 0.0315. The molecule has 0 amide bonds. The Morgan fingerprint density at radius 1 is 0.266 bits per heavy atom. The largest absolute Gasteiger partial charge is 0.358 e. The second-order valence-corrected chi connectivity index (χ2v) is 21.1. The molecule has 1 aliphatic heterocycles. The third kappa shape index (κ3) is 7.67. The predicted molar refractivity (Wildman–Crippen MR) is 324 cm³/mol. The molecular formula is C75H54O4. The normalized spacial score (nSPS) is 15.1. The van der Waals surface area contributed by atoms with Gasteiger partial charge in [0, 0.05) is 0 Å². The van der Waals surface area contributed by atoms with Crippen LogP contribution in [0.25, 0.3) is 86.2 Å². The number of hydrogen-bond donors (Lipinski definition) is 0. The molecule has 15 rings (SSSR count). The van der Waals surface area contributed by atoms with Crippen molar-refractivity contribution in [3.63, 3.8) is 0 Å². The maximum Gasteiger partial charge on any atom is 0.149 e. The van der Waals surface area contributed by atoms with E-state index in [4.69, 9.17) is 18.9 Å². The molecule has 1 heterocycles. The van der Waals surface area contributed by atoms with E-state index in [1.165, 1.54) is 0 Å². The molecule has 1 fully saturated rings. The highest BCUT2D eigenvalue weighted by Gasteiger charge is 2.61. The summed E-state index contributed by atoms with van der Waals surface area (Å²) in [5.41, 5.74) is 3.11. The maximum absolute atomic E-state index is 8.30. The van der Waals surface area contributed by atoms with Gasteiger partial charge in [-0.05, 0) is 144 Å². The second kappa shape index (κ2) is 19.5. The highest BCUT2D eigenvalue weighted by atomic mass is 16.7. The summed E-state index contributed by atoms with van der Waals surface area (Å²) in [4.78, 5) is 0. The molecular weight excluding hydrogens is 965 g/mol. The van der Waals surface area contributed by atoms with Gasteiger partial charge < -0.3 is 18.9 Å². The molecule has 14 aromatic carbocycles. The van der Waals surface area contributed by atoms with Gasteiger partial charge in [0.15, 0.2) is 0 Å². The highest BCUT2D eigenvalue weighted by Crippen LogP contribution is 2.57. The van der Waals surface area contributed by atoms with Crippen LogP contribution in [0.2, 0.25) is 0 Å². The average molecular weight is 1020 g/mol. The smallest absolute Gasteiger partial charge is 0.149 e. The quantitative estimate of drug-likeness (QED) is 0.114. The Balaban J connectivity index is 1.14. The lowest BCUT2D eigenvalue weighted by Gasteiger charge is -2.48. The Morgan fingerprint density at radius 2 is 0.494 bits per heavy atom. The molecule has 1 aliphatic rings. The van der Waals surface area contributed by atoms with Gasteiger partial charge in [-0.2, -0.15) is 0 Å². The van der Waals surface area contributed by atoms with Gasteiger partial charge >= 0.3 is 0 Å². The van der Waals surface area contributed by atoms with Gasteiger partial charge in [-0.25, -0.2) is 0 Å². The zero-order chi connectivity index (χ0) is 52.3. The van der Waals surface area contributed by atoms with Crippen molar-refractivity contribution in [1.82, 2.24) is 0 Å². The molecule has 0 bridgehead atoms. The molecule has 0 saturated carbocycles. The van der Waals surface area contributed by atoms with Crippen LogP contribution in [-0.4, -0.2) is 19.0 Å². The first-order chi connectivity index (χ1) is 39.2. The molecule has 2 unspecified atom stereocenters. The van der Waals surface area contributed by atoms with E-state index in [1.807, 2.05) is 0 Å². The molecule has 79 heavy (non-hydrogen) atoms. The monoisotopic (exact) mass is 1020 g/mol. The molecule has 4 nitrogen and oxygen atoms in total. The van der Waals surface area contributed by atoms with E-state index in [9.17, 15) is 0 Å². The van der Waals surface area contributed by atoms with Gasteiger partial charge in [0.05, 0.1) is 13.2 Å². The van der Waals surface area contributed by atoms with E-state index < -0.39 is 23.4 Å². The summed E-state index contributed by atoms with van der Waals surface area (Å²) in [5.74, 6) is 0. The second-order valence-electron chi connectivity index (χ2n) is 21.1. The third-order valence-electron chi connectivity index (χ3n) is 16.9. The van der Waals surface area contributed by atoms with Crippen molar-refractivity contribution in [2.75, 3.05) is 6.79 Å². The zero-order valence-electron chi connectivity index (χ0n) is 43.5. The highest BCUT2D eigenvalue weighted by molar-refractivity contribution is 6.14. The predicted octanol–water partition coefficient (Wildman–Crippen LogP) is 18.3.